The van der Waals surface area contributed by atoms with E-state index in [-0.39, 0.29) is 5.78 Å². The highest BCUT2D eigenvalue weighted by molar-refractivity contribution is 6.00. The minimum absolute atomic E-state index is 0.218. The average Bonchev–Trinajstić information content (AvgIpc) is 2.67. The molecule has 3 nitrogen and oxygen atoms in total. The highest BCUT2D eigenvalue weighted by Crippen LogP contribution is 2.26. The molecular formula is C13H16O3. The van der Waals surface area contributed by atoms with Crippen molar-refractivity contribution in [3.63, 3.8) is 0 Å². The summed E-state index contributed by atoms with van der Waals surface area (Å²) in [5, 5.41) is 9.38. The zero-order valence-corrected chi connectivity index (χ0v) is 9.40. The van der Waals surface area contributed by atoms with Gasteiger partial charge >= 0.3 is 0 Å². The summed E-state index contributed by atoms with van der Waals surface area (Å²) >= 11 is 0. The first-order chi connectivity index (χ1) is 7.70. The lowest BCUT2D eigenvalue weighted by molar-refractivity contribution is 0.0993. The van der Waals surface area contributed by atoms with Crippen LogP contribution in [0.5, 0.6) is 5.75 Å². The van der Waals surface area contributed by atoms with Crippen LogP contribution in [0.3, 0.4) is 0 Å². The Hall–Kier alpha value is -1.35. The molecule has 0 amide bonds. The monoisotopic (exact) mass is 220 g/mol. The van der Waals surface area contributed by atoms with Gasteiger partial charge in [0.15, 0.2) is 5.78 Å². The molecule has 0 radical (unpaired) electrons. The minimum atomic E-state index is -0.421. The number of rotatable bonds is 4. The molecule has 1 unspecified atom stereocenters. The van der Waals surface area contributed by atoms with Crippen LogP contribution in [0, 0.1) is 0 Å². The second-order valence-electron chi connectivity index (χ2n) is 4.12. The fourth-order valence-electron chi connectivity index (χ4n) is 1.83. The third kappa shape index (κ3) is 2.25. The molecule has 1 aliphatic carbocycles. The number of hydrogen-bond donors (Lipinski definition) is 1. The van der Waals surface area contributed by atoms with Gasteiger partial charge in [0, 0.05) is 12.0 Å². The van der Waals surface area contributed by atoms with Crippen molar-refractivity contribution in [3.8, 4) is 5.75 Å². The molecule has 1 aromatic rings. The van der Waals surface area contributed by atoms with E-state index in [1.165, 1.54) is 0 Å². The number of aliphatic hydroxyl groups is 1. The predicted molar refractivity (Wildman–Crippen MR) is 60.9 cm³/mol. The van der Waals surface area contributed by atoms with E-state index in [4.69, 9.17) is 4.74 Å². The van der Waals surface area contributed by atoms with E-state index >= 15 is 0 Å². The van der Waals surface area contributed by atoms with E-state index in [1.54, 1.807) is 6.07 Å². The Morgan fingerprint density at radius 3 is 3.00 bits per heavy atom. The lowest BCUT2D eigenvalue weighted by atomic mass is 10.1. The largest absolute Gasteiger partial charge is 0.491 e. The van der Waals surface area contributed by atoms with Gasteiger partial charge in [-0.1, -0.05) is 6.92 Å². The first-order valence-corrected chi connectivity index (χ1v) is 5.67. The van der Waals surface area contributed by atoms with Crippen molar-refractivity contribution in [2.75, 3.05) is 6.61 Å². The number of ketones is 1. The smallest absolute Gasteiger partial charge is 0.163 e. The normalized spacial score (nSPS) is 16.0. The molecule has 0 fully saturated rings. The van der Waals surface area contributed by atoms with Crippen LogP contribution >= 0.6 is 0 Å². The van der Waals surface area contributed by atoms with Crippen molar-refractivity contribution < 1.29 is 14.6 Å². The number of ether oxygens (including phenoxy) is 1. The molecule has 0 aromatic heterocycles. The van der Waals surface area contributed by atoms with Crippen molar-refractivity contribution in [2.45, 2.75) is 32.3 Å². The summed E-state index contributed by atoms with van der Waals surface area (Å²) in [6.45, 7) is 2.22. The lowest BCUT2D eigenvalue weighted by Crippen LogP contribution is -2.16. The number of Topliss-reactive ketones (excluding diaryl/α,β-unsaturated/α-hetero) is 1. The molecule has 1 aliphatic rings. The lowest BCUT2D eigenvalue weighted by Gasteiger charge is -2.11. The van der Waals surface area contributed by atoms with Crippen molar-refractivity contribution in [1.82, 2.24) is 0 Å². The number of aliphatic hydroxyl groups excluding tert-OH is 1. The quantitative estimate of drug-likeness (QED) is 0.843. The molecule has 1 aromatic carbocycles. The number of carbonyl (C=O) groups excluding carboxylic acids is 1. The number of carbonyl (C=O) groups is 1. The standard InChI is InChI=1S/C13H16O3/c1-2-10(14)8-16-11-4-5-12-9(7-11)3-6-13(12)15/h4-5,7,10,14H,2-3,6,8H2,1H3. The molecule has 86 valence electrons. The minimum Gasteiger partial charge on any atom is -0.491 e. The van der Waals surface area contributed by atoms with Crippen LogP contribution in [0.25, 0.3) is 0 Å². The maximum absolute atomic E-state index is 11.4. The molecule has 0 saturated heterocycles. The highest BCUT2D eigenvalue weighted by Gasteiger charge is 2.19. The molecule has 0 saturated carbocycles. The zero-order valence-electron chi connectivity index (χ0n) is 9.40. The van der Waals surface area contributed by atoms with Gasteiger partial charge in [-0.2, -0.15) is 0 Å². The SMILES string of the molecule is CCC(O)COc1ccc2c(c1)CCC2=O. The first-order valence-electron chi connectivity index (χ1n) is 5.67. The van der Waals surface area contributed by atoms with Gasteiger partial charge in [0.25, 0.3) is 0 Å². The molecular weight excluding hydrogens is 204 g/mol. The van der Waals surface area contributed by atoms with Crippen LogP contribution in [-0.4, -0.2) is 23.6 Å². The molecule has 0 bridgehead atoms. The molecule has 3 heteroatoms. The van der Waals surface area contributed by atoms with Crippen molar-refractivity contribution >= 4 is 5.78 Å². The second kappa shape index (κ2) is 4.66. The molecule has 1 N–H and O–H groups in total. The average molecular weight is 220 g/mol. The van der Waals surface area contributed by atoms with Gasteiger partial charge < -0.3 is 9.84 Å². The summed E-state index contributed by atoms with van der Waals surface area (Å²) in [4.78, 5) is 11.4. The molecule has 0 spiro atoms. The van der Waals surface area contributed by atoms with Gasteiger partial charge in [-0.15, -0.1) is 0 Å². The summed E-state index contributed by atoms with van der Waals surface area (Å²) in [7, 11) is 0. The summed E-state index contributed by atoms with van der Waals surface area (Å²) in [6.07, 6.45) is 1.68. The summed E-state index contributed by atoms with van der Waals surface area (Å²) in [6, 6.07) is 5.52. The van der Waals surface area contributed by atoms with E-state index in [0.717, 1.165) is 23.3 Å². The predicted octanol–water partition coefficient (Wildman–Crippen LogP) is 1.97. The van der Waals surface area contributed by atoms with Gasteiger partial charge in [-0.25, -0.2) is 0 Å². The second-order valence-corrected chi connectivity index (χ2v) is 4.12. The fourth-order valence-corrected chi connectivity index (χ4v) is 1.83. The summed E-state index contributed by atoms with van der Waals surface area (Å²) in [5.41, 5.74) is 1.89. The number of benzene rings is 1. The molecule has 2 rings (SSSR count). The topological polar surface area (TPSA) is 46.5 Å². The number of fused-ring (bicyclic) bond motifs is 1. The number of hydrogen-bond acceptors (Lipinski definition) is 3. The summed E-state index contributed by atoms with van der Waals surface area (Å²) < 4.78 is 5.46. The zero-order chi connectivity index (χ0) is 11.5. The highest BCUT2D eigenvalue weighted by atomic mass is 16.5. The van der Waals surface area contributed by atoms with E-state index in [1.807, 2.05) is 19.1 Å². The molecule has 0 aliphatic heterocycles. The van der Waals surface area contributed by atoms with Gasteiger partial charge in [-0.3, -0.25) is 4.79 Å². The molecule has 1 atom stereocenters. The Kier molecular flexibility index (Phi) is 3.25. The maximum Gasteiger partial charge on any atom is 0.163 e. The van der Waals surface area contributed by atoms with Crippen LogP contribution in [0.4, 0.5) is 0 Å². The van der Waals surface area contributed by atoms with Crippen LogP contribution < -0.4 is 4.74 Å². The third-order valence-electron chi connectivity index (χ3n) is 2.91. The van der Waals surface area contributed by atoms with Gasteiger partial charge in [0.05, 0.1) is 6.10 Å². The summed E-state index contributed by atoms with van der Waals surface area (Å²) in [5.74, 6) is 0.955. The van der Waals surface area contributed by atoms with Gasteiger partial charge in [0.2, 0.25) is 0 Å². The van der Waals surface area contributed by atoms with E-state index in [0.29, 0.717) is 19.4 Å². The van der Waals surface area contributed by atoms with Crippen LogP contribution in [-0.2, 0) is 6.42 Å². The van der Waals surface area contributed by atoms with Crippen LogP contribution in [0.2, 0.25) is 0 Å². The fraction of sp³-hybridized carbons (Fsp3) is 0.462. The first kappa shape index (κ1) is 11.1. The number of aryl methyl sites for hydroxylation is 1. The van der Waals surface area contributed by atoms with Gasteiger partial charge in [-0.05, 0) is 36.6 Å². The van der Waals surface area contributed by atoms with Crippen molar-refractivity contribution in [3.05, 3.63) is 29.3 Å². The van der Waals surface area contributed by atoms with Crippen LogP contribution in [0.15, 0.2) is 18.2 Å². The Labute approximate surface area is 95.0 Å². The third-order valence-corrected chi connectivity index (χ3v) is 2.91. The van der Waals surface area contributed by atoms with E-state index in [9.17, 15) is 9.90 Å². The van der Waals surface area contributed by atoms with Crippen molar-refractivity contribution in [1.29, 1.82) is 0 Å². The Balaban J connectivity index is 2.05. The molecule has 16 heavy (non-hydrogen) atoms. The van der Waals surface area contributed by atoms with Gasteiger partial charge in [0.1, 0.15) is 12.4 Å². The van der Waals surface area contributed by atoms with Crippen LogP contribution in [0.1, 0.15) is 35.7 Å². The Bertz CT molecular complexity index is 398. The molecule has 0 heterocycles. The van der Waals surface area contributed by atoms with E-state index < -0.39 is 6.10 Å². The maximum atomic E-state index is 11.4. The van der Waals surface area contributed by atoms with E-state index in [2.05, 4.69) is 0 Å². The Morgan fingerprint density at radius 2 is 2.25 bits per heavy atom. The van der Waals surface area contributed by atoms with Crippen molar-refractivity contribution in [2.24, 2.45) is 0 Å². The Morgan fingerprint density at radius 1 is 1.44 bits per heavy atom.